The van der Waals surface area contributed by atoms with Crippen molar-refractivity contribution in [1.29, 1.82) is 0 Å². The molecule has 11 heteroatoms. The highest BCUT2D eigenvalue weighted by molar-refractivity contribution is 7.17. The average molecular weight is 450 g/mol. The van der Waals surface area contributed by atoms with Gasteiger partial charge in [0.15, 0.2) is 0 Å². The number of amides is 1. The van der Waals surface area contributed by atoms with E-state index >= 15 is 0 Å². The molecule has 31 heavy (non-hydrogen) atoms. The van der Waals surface area contributed by atoms with Crippen LogP contribution in [0, 0.1) is 0 Å². The summed E-state index contributed by atoms with van der Waals surface area (Å²) in [4.78, 5) is 17.3. The Bertz CT molecular complexity index is 1060. The van der Waals surface area contributed by atoms with E-state index in [-0.39, 0.29) is 11.4 Å². The van der Waals surface area contributed by atoms with Crippen LogP contribution < -0.4 is 10.2 Å². The molecule has 3 heterocycles. The average Bonchev–Trinajstić information content (AvgIpc) is 3.43. The van der Waals surface area contributed by atoms with E-state index in [0.717, 1.165) is 43.9 Å². The third-order valence-electron chi connectivity index (χ3n) is 5.16. The zero-order valence-electron chi connectivity index (χ0n) is 16.8. The van der Waals surface area contributed by atoms with Crippen LogP contribution in [0.3, 0.4) is 0 Å². The first kappa shape index (κ1) is 21.3. The predicted molar refractivity (Wildman–Crippen MR) is 113 cm³/mol. The Morgan fingerprint density at radius 1 is 1.06 bits per heavy atom. The quantitative estimate of drug-likeness (QED) is 0.642. The van der Waals surface area contributed by atoms with E-state index < -0.39 is 17.6 Å². The van der Waals surface area contributed by atoms with Gasteiger partial charge in [-0.1, -0.05) is 30.4 Å². The Kier molecular flexibility index (Phi) is 5.96. The van der Waals surface area contributed by atoms with Gasteiger partial charge < -0.3 is 15.1 Å². The molecule has 1 amide bonds. The van der Waals surface area contributed by atoms with E-state index in [4.69, 9.17) is 0 Å². The molecule has 164 valence electrons. The Labute approximate surface area is 181 Å². The maximum atomic E-state index is 13.2. The van der Waals surface area contributed by atoms with Gasteiger partial charge in [0.05, 0.1) is 11.3 Å². The SMILES string of the molecule is CCN1CCN(c2nnc(-n3cccc3C(=O)Nc3ccccc3C(F)(F)F)s2)CC1. The molecule has 1 aliphatic rings. The number of likely N-dealkylation sites (N-methyl/N-ethyl adjacent to an activating group) is 1. The first-order valence-corrected chi connectivity index (χ1v) is 10.6. The van der Waals surface area contributed by atoms with E-state index in [2.05, 4.69) is 32.2 Å². The topological polar surface area (TPSA) is 66.3 Å². The number of anilines is 2. The van der Waals surface area contributed by atoms with E-state index in [1.807, 2.05) is 0 Å². The summed E-state index contributed by atoms with van der Waals surface area (Å²) < 4.78 is 41.2. The first-order chi connectivity index (χ1) is 14.9. The van der Waals surface area contributed by atoms with Crippen LogP contribution in [0.1, 0.15) is 23.0 Å². The van der Waals surface area contributed by atoms with Gasteiger partial charge in [0.25, 0.3) is 5.91 Å². The van der Waals surface area contributed by atoms with Gasteiger partial charge in [-0.15, -0.1) is 10.2 Å². The molecule has 0 aliphatic carbocycles. The molecule has 4 rings (SSSR count). The van der Waals surface area contributed by atoms with Crippen LogP contribution in [0.25, 0.3) is 5.13 Å². The lowest BCUT2D eigenvalue weighted by atomic mass is 10.1. The van der Waals surface area contributed by atoms with E-state index in [9.17, 15) is 18.0 Å². The Hall–Kier alpha value is -2.92. The lowest BCUT2D eigenvalue weighted by molar-refractivity contribution is -0.136. The van der Waals surface area contributed by atoms with Crippen LogP contribution in [-0.2, 0) is 6.18 Å². The molecule has 1 aromatic carbocycles. The number of benzene rings is 1. The van der Waals surface area contributed by atoms with Gasteiger partial charge in [-0.25, -0.2) is 0 Å². The number of alkyl halides is 3. The third kappa shape index (κ3) is 4.57. The van der Waals surface area contributed by atoms with Crippen molar-refractivity contribution in [2.75, 3.05) is 42.9 Å². The second kappa shape index (κ2) is 8.67. The van der Waals surface area contributed by atoms with Crippen molar-refractivity contribution in [2.45, 2.75) is 13.1 Å². The fraction of sp³-hybridized carbons (Fsp3) is 0.350. The number of nitrogens with zero attached hydrogens (tertiary/aromatic N) is 5. The van der Waals surface area contributed by atoms with Crippen LogP contribution in [0.5, 0.6) is 0 Å². The van der Waals surface area contributed by atoms with E-state index in [0.29, 0.717) is 5.13 Å². The summed E-state index contributed by atoms with van der Waals surface area (Å²) in [6, 6.07) is 8.07. The smallest absolute Gasteiger partial charge is 0.344 e. The fourth-order valence-corrected chi connectivity index (χ4v) is 4.34. The minimum atomic E-state index is -4.57. The minimum Gasteiger partial charge on any atom is -0.344 e. The highest BCUT2D eigenvalue weighted by atomic mass is 32.1. The molecular formula is C20H21F3N6OS. The zero-order chi connectivity index (χ0) is 22.0. The molecule has 0 bridgehead atoms. The maximum Gasteiger partial charge on any atom is 0.418 e. The molecule has 2 aromatic heterocycles. The minimum absolute atomic E-state index is 0.176. The summed E-state index contributed by atoms with van der Waals surface area (Å²) in [6.45, 7) is 6.72. The van der Waals surface area contributed by atoms with Crippen molar-refractivity contribution in [1.82, 2.24) is 19.7 Å². The molecule has 0 unspecified atom stereocenters. The molecule has 0 spiro atoms. The number of carbonyl (C=O) groups is 1. The third-order valence-corrected chi connectivity index (χ3v) is 6.15. The number of aromatic nitrogens is 3. The molecule has 7 nitrogen and oxygen atoms in total. The molecule has 0 saturated carbocycles. The van der Waals surface area contributed by atoms with Crippen molar-refractivity contribution in [3.05, 3.63) is 53.9 Å². The Morgan fingerprint density at radius 2 is 1.77 bits per heavy atom. The predicted octanol–water partition coefficient (Wildman–Crippen LogP) is 3.74. The normalized spacial score (nSPS) is 15.3. The van der Waals surface area contributed by atoms with Crippen molar-refractivity contribution < 1.29 is 18.0 Å². The van der Waals surface area contributed by atoms with Gasteiger partial charge in [0.1, 0.15) is 5.69 Å². The van der Waals surface area contributed by atoms with Gasteiger partial charge >= 0.3 is 6.18 Å². The standard InChI is InChI=1S/C20H21F3N6OS/c1-2-27-10-12-28(13-11-27)18-25-26-19(31-18)29-9-5-8-16(29)17(30)24-15-7-4-3-6-14(15)20(21,22)23/h3-9H,2,10-13H2,1H3,(H,24,30). The van der Waals surface area contributed by atoms with E-state index in [1.54, 1.807) is 12.3 Å². The first-order valence-electron chi connectivity index (χ1n) is 9.83. The monoisotopic (exact) mass is 450 g/mol. The number of hydrogen-bond donors (Lipinski definition) is 1. The summed E-state index contributed by atoms with van der Waals surface area (Å²) in [5, 5.41) is 12.1. The van der Waals surface area contributed by atoms with Crippen molar-refractivity contribution in [3.63, 3.8) is 0 Å². The Balaban J connectivity index is 1.53. The second-order valence-electron chi connectivity index (χ2n) is 7.05. The summed E-state index contributed by atoms with van der Waals surface area (Å²) in [6.07, 6.45) is -2.92. The van der Waals surface area contributed by atoms with Gasteiger partial charge in [-0.2, -0.15) is 13.2 Å². The van der Waals surface area contributed by atoms with Crippen molar-refractivity contribution in [3.8, 4) is 5.13 Å². The summed E-state index contributed by atoms with van der Waals surface area (Å²) in [5.41, 5.74) is -1.01. The number of hydrogen-bond acceptors (Lipinski definition) is 6. The number of halogens is 3. The largest absolute Gasteiger partial charge is 0.418 e. The molecule has 1 fully saturated rings. The zero-order valence-corrected chi connectivity index (χ0v) is 17.6. The second-order valence-corrected chi connectivity index (χ2v) is 7.98. The van der Waals surface area contributed by atoms with Gasteiger partial charge in [0, 0.05) is 32.4 Å². The molecule has 0 atom stereocenters. The number of piperazine rings is 1. The van der Waals surface area contributed by atoms with Crippen LogP contribution >= 0.6 is 11.3 Å². The number of carbonyl (C=O) groups excluding carboxylic acids is 1. The number of para-hydroxylation sites is 1. The Morgan fingerprint density at radius 3 is 2.48 bits per heavy atom. The highest BCUT2D eigenvalue weighted by Gasteiger charge is 2.34. The maximum absolute atomic E-state index is 13.2. The van der Waals surface area contributed by atoms with Crippen LogP contribution in [0.4, 0.5) is 24.0 Å². The highest BCUT2D eigenvalue weighted by Crippen LogP contribution is 2.35. The summed E-state index contributed by atoms with van der Waals surface area (Å²) in [7, 11) is 0. The molecule has 0 radical (unpaired) electrons. The van der Waals surface area contributed by atoms with Gasteiger partial charge in [0.2, 0.25) is 10.3 Å². The number of nitrogens with one attached hydrogen (secondary N) is 1. The molecule has 1 aliphatic heterocycles. The lowest BCUT2D eigenvalue weighted by Gasteiger charge is -2.33. The van der Waals surface area contributed by atoms with Crippen molar-refractivity contribution in [2.24, 2.45) is 0 Å². The molecule has 3 aromatic rings. The molecule has 1 saturated heterocycles. The summed E-state index contributed by atoms with van der Waals surface area (Å²) >= 11 is 1.34. The van der Waals surface area contributed by atoms with Crippen LogP contribution in [0.15, 0.2) is 42.6 Å². The lowest BCUT2D eigenvalue weighted by Crippen LogP contribution is -2.46. The molecule has 1 N–H and O–H groups in total. The van der Waals surface area contributed by atoms with Crippen LogP contribution in [0.2, 0.25) is 0 Å². The van der Waals surface area contributed by atoms with E-state index in [1.165, 1.54) is 40.2 Å². The molecular weight excluding hydrogens is 429 g/mol. The van der Waals surface area contributed by atoms with Crippen molar-refractivity contribution >= 4 is 28.1 Å². The summed E-state index contributed by atoms with van der Waals surface area (Å²) in [5.74, 6) is -0.657. The number of rotatable bonds is 5. The van der Waals surface area contributed by atoms with Gasteiger partial charge in [-0.05, 0) is 30.8 Å². The van der Waals surface area contributed by atoms with Crippen LogP contribution in [-0.4, -0.2) is 58.3 Å². The van der Waals surface area contributed by atoms with Gasteiger partial charge in [-0.3, -0.25) is 9.36 Å². The fourth-order valence-electron chi connectivity index (χ4n) is 3.45.